The molecule has 0 N–H and O–H groups in total. The molecule has 0 saturated heterocycles. The second-order valence-electron chi connectivity index (χ2n) is 6.40. The summed E-state index contributed by atoms with van der Waals surface area (Å²) in [5.74, 6) is -0.429. The summed E-state index contributed by atoms with van der Waals surface area (Å²) < 4.78 is 12.1. The zero-order chi connectivity index (χ0) is 20.1. The lowest BCUT2D eigenvalue weighted by molar-refractivity contribution is -0.142. The lowest BCUT2D eigenvalue weighted by atomic mass is 10.1. The van der Waals surface area contributed by atoms with Crippen molar-refractivity contribution >= 4 is 43.4 Å². The van der Waals surface area contributed by atoms with Gasteiger partial charge in [-0.3, -0.25) is 9.59 Å². The summed E-state index contributed by atoms with van der Waals surface area (Å²) in [6.45, 7) is 5.11. The highest BCUT2D eigenvalue weighted by Crippen LogP contribution is 2.27. The summed E-state index contributed by atoms with van der Waals surface area (Å²) in [7, 11) is 0. The number of carbonyl (C=O) groups excluding carboxylic acids is 2. The largest absolute Gasteiger partial charge is 0.460 e. The van der Waals surface area contributed by atoms with E-state index in [0.29, 0.717) is 29.4 Å². The van der Waals surface area contributed by atoms with Crippen LogP contribution < -0.4 is 10.2 Å². The van der Waals surface area contributed by atoms with Crippen molar-refractivity contribution in [3.05, 3.63) is 65.3 Å². The number of rotatable bonds is 7. The molecule has 2 aromatic carbocycles. The van der Waals surface area contributed by atoms with Gasteiger partial charge < -0.3 is 9.47 Å². The Kier molecular flexibility index (Phi) is 6.21. The van der Waals surface area contributed by atoms with Crippen LogP contribution in [-0.2, 0) is 14.3 Å². The van der Waals surface area contributed by atoms with E-state index in [1.807, 2.05) is 24.3 Å². The van der Waals surface area contributed by atoms with Gasteiger partial charge >= 0.3 is 11.9 Å². The molecule has 0 aliphatic rings. The van der Waals surface area contributed by atoms with Crippen molar-refractivity contribution in [3.63, 3.8) is 0 Å². The molecule has 3 aromatic rings. The lowest BCUT2D eigenvalue weighted by Gasteiger charge is -2.11. The van der Waals surface area contributed by atoms with Gasteiger partial charge in [0, 0.05) is 32.7 Å². The van der Waals surface area contributed by atoms with Crippen LogP contribution in [0.25, 0.3) is 20.2 Å². The second-order valence-corrected chi connectivity index (χ2v) is 7.49. The van der Waals surface area contributed by atoms with Crippen LogP contribution in [0.4, 0.5) is 0 Å². The van der Waals surface area contributed by atoms with Gasteiger partial charge in [0.15, 0.2) is 5.43 Å². The molecule has 144 valence electrons. The summed E-state index contributed by atoms with van der Waals surface area (Å²) in [6.07, 6.45) is 2.13. The normalized spacial score (nSPS) is 11.9. The fourth-order valence-corrected chi connectivity index (χ4v) is 3.97. The van der Waals surface area contributed by atoms with Crippen LogP contribution in [0, 0.1) is 0 Å². The zero-order valence-corrected chi connectivity index (χ0v) is 16.3. The number of ether oxygens (including phenoxy) is 2. The Morgan fingerprint density at radius 2 is 1.89 bits per heavy atom. The molecule has 0 spiro atoms. The molecule has 0 radical (unpaired) electrons. The second kappa shape index (κ2) is 8.80. The summed E-state index contributed by atoms with van der Waals surface area (Å²) in [5.41, 5.74) is -0.0229. The third kappa shape index (κ3) is 4.64. The molecule has 1 heterocycles. The quantitative estimate of drug-likeness (QED) is 0.252. The first kappa shape index (κ1) is 19.8. The molecule has 28 heavy (non-hydrogen) atoms. The number of benzene rings is 2. The van der Waals surface area contributed by atoms with Crippen LogP contribution in [0.15, 0.2) is 59.9 Å². The standard InChI is InChI=1S/C22H20O5S/c1-3-20(23)26-14(2)7-6-10-21(24)27-15-11-12-17-19(13-15)28-18-9-5-4-8-16(18)22(17)25/h3-5,8-9,11-14H,1,6-7,10H2,2H3. The van der Waals surface area contributed by atoms with Gasteiger partial charge in [-0.15, -0.1) is 11.3 Å². The molecule has 0 amide bonds. The molecule has 6 heteroatoms. The number of hydrogen-bond donors (Lipinski definition) is 0. The molecule has 0 saturated carbocycles. The van der Waals surface area contributed by atoms with Gasteiger partial charge in [0.1, 0.15) is 5.75 Å². The van der Waals surface area contributed by atoms with E-state index in [2.05, 4.69) is 6.58 Å². The van der Waals surface area contributed by atoms with Gasteiger partial charge in [-0.2, -0.15) is 0 Å². The highest BCUT2D eigenvalue weighted by Gasteiger charge is 2.11. The molecule has 1 atom stereocenters. The molecule has 0 fully saturated rings. The van der Waals surface area contributed by atoms with Crippen LogP contribution in [-0.4, -0.2) is 18.0 Å². The number of fused-ring (bicyclic) bond motifs is 2. The first-order chi connectivity index (χ1) is 13.5. The zero-order valence-electron chi connectivity index (χ0n) is 15.5. The van der Waals surface area contributed by atoms with Crippen molar-refractivity contribution in [2.45, 2.75) is 32.3 Å². The van der Waals surface area contributed by atoms with Gasteiger partial charge in [0.25, 0.3) is 0 Å². The Morgan fingerprint density at radius 3 is 2.68 bits per heavy atom. The predicted octanol–water partition coefficient (Wildman–Crippen LogP) is 4.61. The first-order valence-corrected chi connectivity index (χ1v) is 9.79. The average molecular weight is 396 g/mol. The minimum absolute atomic E-state index is 0.0229. The van der Waals surface area contributed by atoms with Crippen molar-refractivity contribution in [3.8, 4) is 5.75 Å². The van der Waals surface area contributed by atoms with Crippen LogP contribution in [0.2, 0.25) is 0 Å². The maximum Gasteiger partial charge on any atom is 0.330 e. The summed E-state index contributed by atoms with van der Waals surface area (Å²) in [5, 5.41) is 1.30. The Labute approximate surface area is 166 Å². The van der Waals surface area contributed by atoms with E-state index >= 15 is 0 Å². The molecular weight excluding hydrogens is 376 g/mol. The fourth-order valence-electron chi connectivity index (χ4n) is 2.87. The molecule has 0 aliphatic heterocycles. The van der Waals surface area contributed by atoms with Gasteiger partial charge in [-0.1, -0.05) is 18.7 Å². The first-order valence-electron chi connectivity index (χ1n) is 8.97. The number of carbonyl (C=O) groups is 2. The Hall–Kier alpha value is -2.99. The van der Waals surface area contributed by atoms with E-state index in [1.165, 1.54) is 11.3 Å². The van der Waals surface area contributed by atoms with Crippen molar-refractivity contribution in [2.75, 3.05) is 0 Å². The van der Waals surface area contributed by atoms with E-state index in [9.17, 15) is 14.4 Å². The molecule has 1 aromatic heterocycles. The molecular formula is C22H20O5S. The highest BCUT2D eigenvalue weighted by atomic mass is 32.1. The summed E-state index contributed by atoms with van der Waals surface area (Å²) in [4.78, 5) is 35.8. The van der Waals surface area contributed by atoms with E-state index in [0.717, 1.165) is 15.5 Å². The fraction of sp³-hybridized carbons (Fsp3) is 0.227. The van der Waals surface area contributed by atoms with E-state index in [4.69, 9.17) is 9.47 Å². The molecule has 5 nitrogen and oxygen atoms in total. The van der Waals surface area contributed by atoms with Crippen molar-refractivity contribution in [1.29, 1.82) is 0 Å². The third-order valence-electron chi connectivity index (χ3n) is 4.26. The third-order valence-corrected chi connectivity index (χ3v) is 5.39. The topological polar surface area (TPSA) is 69.7 Å². The average Bonchev–Trinajstić information content (AvgIpc) is 2.68. The van der Waals surface area contributed by atoms with Gasteiger partial charge in [-0.05, 0) is 50.1 Å². The maximum absolute atomic E-state index is 12.6. The Balaban J connectivity index is 1.65. The smallest absolute Gasteiger partial charge is 0.330 e. The van der Waals surface area contributed by atoms with Crippen LogP contribution in [0.5, 0.6) is 5.75 Å². The minimum Gasteiger partial charge on any atom is -0.460 e. The van der Waals surface area contributed by atoms with Gasteiger partial charge in [0.2, 0.25) is 0 Å². The molecule has 0 aliphatic carbocycles. The predicted molar refractivity (Wildman–Crippen MR) is 111 cm³/mol. The number of hydrogen-bond acceptors (Lipinski definition) is 6. The highest BCUT2D eigenvalue weighted by molar-refractivity contribution is 7.24. The van der Waals surface area contributed by atoms with Crippen molar-refractivity contribution < 1.29 is 19.1 Å². The van der Waals surface area contributed by atoms with E-state index in [1.54, 1.807) is 25.1 Å². The number of esters is 2. The van der Waals surface area contributed by atoms with Crippen LogP contribution in [0.1, 0.15) is 26.2 Å². The summed E-state index contributed by atoms with van der Waals surface area (Å²) in [6, 6.07) is 12.5. The monoisotopic (exact) mass is 396 g/mol. The minimum atomic E-state index is -0.474. The maximum atomic E-state index is 12.6. The van der Waals surface area contributed by atoms with Gasteiger partial charge in [0.05, 0.1) is 6.10 Å². The molecule has 1 unspecified atom stereocenters. The lowest BCUT2D eigenvalue weighted by Crippen LogP contribution is -2.14. The molecule has 0 bridgehead atoms. The van der Waals surface area contributed by atoms with Crippen molar-refractivity contribution in [2.24, 2.45) is 0 Å². The van der Waals surface area contributed by atoms with Crippen LogP contribution in [0.3, 0.4) is 0 Å². The molecule has 3 rings (SSSR count). The Morgan fingerprint density at radius 1 is 1.14 bits per heavy atom. The van der Waals surface area contributed by atoms with Crippen LogP contribution >= 0.6 is 11.3 Å². The van der Waals surface area contributed by atoms with Crippen molar-refractivity contribution in [1.82, 2.24) is 0 Å². The van der Waals surface area contributed by atoms with Gasteiger partial charge in [-0.25, -0.2) is 4.79 Å². The van der Waals surface area contributed by atoms with E-state index < -0.39 is 5.97 Å². The summed E-state index contributed by atoms with van der Waals surface area (Å²) >= 11 is 1.49. The Bertz CT molecular complexity index is 1100. The SMILES string of the molecule is C=CC(=O)OC(C)CCCC(=O)Oc1ccc2c(=O)c3ccccc3sc2c1. The van der Waals surface area contributed by atoms with E-state index in [-0.39, 0.29) is 23.9 Å².